The molecule has 0 amide bonds. The lowest BCUT2D eigenvalue weighted by Crippen LogP contribution is -2.46. The highest BCUT2D eigenvalue weighted by Crippen LogP contribution is 2.29. The number of nitrogens with zero attached hydrogens (tertiary/aromatic N) is 4. The number of rotatable bonds is 5. The van der Waals surface area contributed by atoms with E-state index in [1.165, 1.54) is 40.2 Å². The topological polar surface area (TPSA) is 46.0 Å². The molecule has 0 saturated carbocycles. The van der Waals surface area contributed by atoms with E-state index in [2.05, 4.69) is 74.1 Å². The first-order valence-corrected chi connectivity index (χ1v) is 10.6. The fraction of sp³-hybridized carbons (Fsp3) is 0.333. The lowest BCUT2D eigenvalue weighted by molar-refractivity contribution is 0.418. The summed E-state index contributed by atoms with van der Waals surface area (Å²) in [6.07, 6.45) is 6.00. The van der Waals surface area contributed by atoms with Crippen molar-refractivity contribution in [1.82, 2.24) is 19.9 Å². The van der Waals surface area contributed by atoms with Crippen molar-refractivity contribution < 1.29 is 0 Å². The standard InChI is InChI=1S/C24H27N5/c1-2-29-22-9-4-3-8-20(22)21-15-18(10-11-23(21)29)16-27-19-7-5-14-28(17-19)24-25-12-6-13-26-24/h3-4,6,8-13,15,19,27H,2,5,7,14,16-17H2,1H3. The lowest BCUT2D eigenvalue weighted by atomic mass is 10.0. The van der Waals surface area contributed by atoms with Crippen LogP contribution in [0.2, 0.25) is 0 Å². The van der Waals surface area contributed by atoms with Gasteiger partial charge in [-0.2, -0.15) is 0 Å². The van der Waals surface area contributed by atoms with Gasteiger partial charge in [0, 0.05) is 66.4 Å². The number of para-hydroxylation sites is 1. The van der Waals surface area contributed by atoms with E-state index in [0.717, 1.165) is 32.1 Å². The molecule has 29 heavy (non-hydrogen) atoms. The molecule has 2 aromatic carbocycles. The summed E-state index contributed by atoms with van der Waals surface area (Å²) < 4.78 is 2.40. The Morgan fingerprint density at radius 3 is 2.69 bits per heavy atom. The zero-order chi connectivity index (χ0) is 19.6. The molecule has 0 spiro atoms. The normalized spacial score (nSPS) is 17.3. The maximum Gasteiger partial charge on any atom is 0.225 e. The Hall–Kier alpha value is -2.92. The summed E-state index contributed by atoms with van der Waals surface area (Å²) in [5, 5.41) is 6.46. The second-order valence-corrected chi connectivity index (χ2v) is 7.83. The molecule has 2 aromatic heterocycles. The average Bonchev–Trinajstić information content (AvgIpc) is 3.11. The van der Waals surface area contributed by atoms with Crippen LogP contribution in [0.4, 0.5) is 5.95 Å². The molecule has 1 saturated heterocycles. The van der Waals surface area contributed by atoms with E-state index in [1.54, 1.807) is 0 Å². The monoisotopic (exact) mass is 385 g/mol. The average molecular weight is 386 g/mol. The van der Waals surface area contributed by atoms with E-state index in [1.807, 2.05) is 18.5 Å². The summed E-state index contributed by atoms with van der Waals surface area (Å²) >= 11 is 0. The minimum absolute atomic E-state index is 0.459. The van der Waals surface area contributed by atoms with Gasteiger partial charge in [-0.1, -0.05) is 24.3 Å². The Kier molecular flexibility index (Phi) is 4.90. The van der Waals surface area contributed by atoms with Crippen LogP contribution in [0, 0.1) is 0 Å². The quantitative estimate of drug-likeness (QED) is 0.554. The van der Waals surface area contributed by atoms with Gasteiger partial charge in [-0.05, 0) is 49.6 Å². The molecule has 1 N–H and O–H groups in total. The van der Waals surface area contributed by atoms with E-state index >= 15 is 0 Å². The van der Waals surface area contributed by atoms with Crippen LogP contribution in [0.25, 0.3) is 21.8 Å². The molecule has 5 rings (SSSR count). The van der Waals surface area contributed by atoms with Gasteiger partial charge in [-0.3, -0.25) is 0 Å². The number of hydrogen-bond donors (Lipinski definition) is 1. The van der Waals surface area contributed by atoms with Crippen LogP contribution in [-0.2, 0) is 13.1 Å². The van der Waals surface area contributed by atoms with Crippen LogP contribution in [0.3, 0.4) is 0 Å². The van der Waals surface area contributed by atoms with Crippen LogP contribution in [0.15, 0.2) is 60.9 Å². The van der Waals surface area contributed by atoms with Crippen LogP contribution in [0.1, 0.15) is 25.3 Å². The van der Waals surface area contributed by atoms with Gasteiger partial charge in [0.05, 0.1) is 0 Å². The summed E-state index contributed by atoms with van der Waals surface area (Å²) in [6, 6.07) is 17.9. The fourth-order valence-corrected chi connectivity index (χ4v) is 4.59. The molecule has 148 valence electrons. The zero-order valence-electron chi connectivity index (χ0n) is 16.9. The van der Waals surface area contributed by atoms with Crippen molar-refractivity contribution in [3.63, 3.8) is 0 Å². The first-order chi connectivity index (χ1) is 14.3. The number of hydrogen-bond acceptors (Lipinski definition) is 4. The molecule has 0 bridgehead atoms. The van der Waals surface area contributed by atoms with Gasteiger partial charge >= 0.3 is 0 Å². The molecule has 5 heteroatoms. The van der Waals surface area contributed by atoms with Gasteiger partial charge in [0.15, 0.2) is 0 Å². The van der Waals surface area contributed by atoms with Crippen molar-refractivity contribution in [2.24, 2.45) is 0 Å². The number of piperidine rings is 1. The van der Waals surface area contributed by atoms with E-state index in [-0.39, 0.29) is 0 Å². The third-order valence-electron chi connectivity index (χ3n) is 6.00. The minimum atomic E-state index is 0.459. The van der Waals surface area contributed by atoms with E-state index in [4.69, 9.17) is 0 Å². The molecule has 0 radical (unpaired) electrons. The first-order valence-electron chi connectivity index (χ1n) is 10.6. The van der Waals surface area contributed by atoms with Crippen molar-refractivity contribution in [2.75, 3.05) is 18.0 Å². The smallest absolute Gasteiger partial charge is 0.225 e. The number of aromatic nitrogens is 3. The van der Waals surface area contributed by atoms with Crippen LogP contribution >= 0.6 is 0 Å². The van der Waals surface area contributed by atoms with Crippen LogP contribution < -0.4 is 10.2 Å². The van der Waals surface area contributed by atoms with E-state index in [9.17, 15) is 0 Å². The summed E-state index contributed by atoms with van der Waals surface area (Å²) in [4.78, 5) is 11.1. The number of nitrogens with one attached hydrogen (secondary N) is 1. The largest absolute Gasteiger partial charge is 0.341 e. The lowest BCUT2D eigenvalue weighted by Gasteiger charge is -2.33. The fourth-order valence-electron chi connectivity index (χ4n) is 4.59. The minimum Gasteiger partial charge on any atom is -0.341 e. The van der Waals surface area contributed by atoms with Crippen LogP contribution in [0.5, 0.6) is 0 Å². The van der Waals surface area contributed by atoms with Crippen LogP contribution in [-0.4, -0.2) is 33.7 Å². The molecule has 3 heterocycles. The Labute approximate surface area is 171 Å². The maximum absolute atomic E-state index is 4.41. The Morgan fingerprint density at radius 1 is 1.00 bits per heavy atom. The van der Waals surface area contributed by atoms with Gasteiger partial charge in [0.25, 0.3) is 0 Å². The molecule has 5 nitrogen and oxygen atoms in total. The highest BCUT2D eigenvalue weighted by Gasteiger charge is 2.21. The van der Waals surface area contributed by atoms with Crippen molar-refractivity contribution in [3.05, 3.63) is 66.5 Å². The molecule has 4 aromatic rings. The Balaban J connectivity index is 1.34. The van der Waals surface area contributed by atoms with Crippen molar-refractivity contribution in [3.8, 4) is 0 Å². The predicted octanol–water partition coefficient (Wildman–Crippen LogP) is 4.36. The van der Waals surface area contributed by atoms with E-state index in [0.29, 0.717) is 6.04 Å². The number of aryl methyl sites for hydroxylation is 1. The summed E-state index contributed by atoms with van der Waals surface area (Å²) in [5.41, 5.74) is 3.98. The van der Waals surface area contributed by atoms with Crippen molar-refractivity contribution >= 4 is 27.8 Å². The van der Waals surface area contributed by atoms with Gasteiger partial charge < -0.3 is 14.8 Å². The summed E-state index contributed by atoms with van der Waals surface area (Å²) in [6.45, 7) is 6.08. The third-order valence-corrected chi connectivity index (χ3v) is 6.00. The molecular formula is C24H27N5. The Morgan fingerprint density at radius 2 is 1.83 bits per heavy atom. The molecule has 1 aliphatic heterocycles. The first kappa shape index (κ1) is 18.1. The van der Waals surface area contributed by atoms with Gasteiger partial charge in [-0.15, -0.1) is 0 Å². The van der Waals surface area contributed by atoms with Crippen molar-refractivity contribution in [1.29, 1.82) is 0 Å². The summed E-state index contributed by atoms with van der Waals surface area (Å²) in [7, 11) is 0. The molecule has 1 atom stereocenters. The van der Waals surface area contributed by atoms with Gasteiger partial charge in [0.1, 0.15) is 0 Å². The maximum atomic E-state index is 4.41. The predicted molar refractivity (Wildman–Crippen MR) is 119 cm³/mol. The third kappa shape index (κ3) is 3.47. The number of benzene rings is 2. The van der Waals surface area contributed by atoms with Gasteiger partial charge in [-0.25, -0.2) is 9.97 Å². The molecule has 1 unspecified atom stereocenters. The molecular weight excluding hydrogens is 358 g/mol. The zero-order valence-corrected chi connectivity index (χ0v) is 16.9. The summed E-state index contributed by atoms with van der Waals surface area (Å²) in [5.74, 6) is 0.841. The molecule has 0 aliphatic carbocycles. The highest BCUT2D eigenvalue weighted by atomic mass is 15.3. The second kappa shape index (κ2) is 7.84. The second-order valence-electron chi connectivity index (χ2n) is 7.83. The Bertz CT molecular complexity index is 1120. The molecule has 1 aliphatic rings. The highest BCUT2D eigenvalue weighted by molar-refractivity contribution is 6.08. The van der Waals surface area contributed by atoms with Crippen molar-refractivity contribution in [2.45, 2.75) is 38.9 Å². The number of fused-ring (bicyclic) bond motifs is 3. The number of anilines is 1. The SMILES string of the molecule is CCn1c2ccccc2c2cc(CNC3CCCN(c4ncccn4)C3)ccc21. The molecule has 1 fully saturated rings. The van der Waals surface area contributed by atoms with Gasteiger partial charge in [0.2, 0.25) is 5.95 Å². The van der Waals surface area contributed by atoms with E-state index < -0.39 is 0 Å².